The molecule has 2 atom stereocenters. The van der Waals surface area contributed by atoms with Crippen molar-refractivity contribution in [3.63, 3.8) is 0 Å². The first kappa shape index (κ1) is 21.1. The molecule has 0 spiro atoms. The van der Waals surface area contributed by atoms with Crippen molar-refractivity contribution >= 4 is 33.2 Å². The van der Waals surface area contributed by atoms with Gasteiger partial charge in [0.05, 0.1) is 30.1 Å². The van der Waals surface area contributed by atoms with Crippen LogP contribution in [-0.4, -0.2) is 33.7 Å². The number of halogens is 1. The lowest BCUT2D eigenvalue weighted by Gasteiger charge is -2.29. The highest BCUT2D eigenvalue weighted by Crippen LogP contribution is 2.31. The average molecular weight is 411 g/mol. The maximum atomic E-state index is 12.7. The fourth-order valence-electron chi connectivity index (χ4n) is 2.76. The van der Waals surface area contributed by atoms with Gasteiger partial charge in [-0.15, -0.1) is 0 Å². The lowest BCUT2D eigenvalue weighted by molar-refractivity contribution is -0.122. The molecule has 0 aliphatic rings. The number of rotatable bonds is 7. The molecule has 8 heteroatoms. The van der Waals surface area contributed by atoms with Gasteiger partial charge in [0.2, 0.25) is 15.9 Å². The van der Waals surface area contributed by atoms with E-state index in [9.17, 15) is 13.2 Å². The van der Waals surface area contributed by atoms with Gasteiger partial charge < -0.3 is 10.1 Å². The third-order valence-corrected chi connectivity index (χ3v) is 5.67. The van der Waals surface area contributed by atoms with Crippen molar-refractivity contribution in [2.24, 2.45) is 0 Å². The Morgan fingerprint density at radius 1 is 1.15 bits per heavy atom. The minimum absolute atomic E-state index is 0.258. The van der Waals surface area contributed by atoms with E-state index in [1.807, 2.05) is 37.3 Å². The van der Waals surface area contributed by atoms with Crippen molar-refractivity contribution in [1.29, 1.82) is 0 Å². The van der Waals surface area contributed by atoms with E-state index in [-0.39, 0.29) is 11.1 Å². The van der Waals surface area contributed by atoms with Gasteiger partial charge in [0.1, 0.15) is 11.8 Å². The van der Waals surface area contributed by atoms with Crippen molar-refractivity contribution in [2.45, 2.75) is 25.9 Å². The summed E-state index contributed by atoms with van der Waals surface area (Å²) in [5, 5.41) is 3.11. The van der Waals surface area contributed by atoms with Crippen molar-refractivity contribution in [3.8, 4) is 5.75 Å². The molecule has 0 bridgehead atoms. The molecule has 27 heavy (non-hydrogen) atoms. The van der Waals surface area contributed by atoms with Gasteiger partial charge in [0.25, 0.3) is 0 Å². The standard InChI is InChI=1S/C19H23ClN2O4S/c1-13(15-8-6-5-7-9-15)21-19(23)14(2)22(27(4,24)25)16-10-11-18(26-3)17(20)12-16/h5-14H,1-4H3,(H,21,23)/t13-,14-/m0/s1. The zero-order valence-electron chi connectivity index (χ0n) is 15.6. The maximum absolute atomic E-state index is 12.7. The number of nitrogens with one attached hydrogen (secondary N) is 1. The van der Waals surface area contributed by atoms with Gasteiger partial charge in [-0.25, -0.2) is 8.42 Å². The second-order valence-corrected chi connectivity index (χ2v) is 8.46. The summed E-state index contributed by atoms with van der Waals surface area (Å²) in [5.41, 5.74) is 1.22. The highest BCUT2D eigenvalue weighted by Gasteiger charge is 2.30. The van der Waals surface area contributed by atoms with Crippen LogP contribution in [0.15, 0.2) is 48.5 Å². The summed E-state index contributed by atoms with van der Waals surface area (Å²) >= 11 is 6.13. The van der Waals surface area contributed by atoms with Gasteiger partial charge in [-0.3, -0.25) is 9.10 Å². The maximum Gasteiger partial charge on any atom is 0.244 e. The largest absolute Gasteiger partial charge is 0.495 e. The summed E-state index contributed by atoms with van der Waals surface area (Å²) < 4.78 is 30.9. The van der Waals surface area contributed by atoms with Crippen molar-refractivity contribution in [1.82, 2.24) is 5.32 Å². The van der Waals surface area contributed by atoms with Crippen molar-refractivity contribution in [3.05, 3.63) is 59.1 Å². The highest BCUT2D eigenvalue weighted by molar-refractivity contribution is 7.92. The second-order valence-electron chi connectivity index (χ2n) is 6.19. The number of carbonyl (C=O) groups is 1. The topological polar surface area (TPSA) is 75.7 Å². The number of nitrogens with zero attached hydrogens (tertiary/aromatic N) is 1. The molecule has 146 valence electrons. The molecule has 6 nitrogen and oxygen atoms in total. The van der Waals surface area contributed by atoms with E-state index < -0.39 is 22.0 Å². The Bertz CT molecular complexity index is 903. The molecule has 1 N–H and O–H groups in total. The van der Waals surface area contributed by atoms with Gasteiger partial charge >= 0.3 is 0 Å². The molecular formula is C19H23ClN2O4S. The molecule has 0 saturated carbocycles. The number of ether oxygens (including phenoxy) is 1. The van der Waals surface area contributed by atoms with E-state index in [0.29, 0.717) is 11.4 Å². The average Bonchev–Trinajstić information content (AvgIpc) is 2.61. The van der Waals surface area contributed by atoms with Crippen LogP contribution < -0.4 is 14.4 Å². The third kappa shape index (κ3) is 5.14. The fraction of sp³-hybridized carbons (Fsp3) is 0.316. The molecule has 0 unspecified atom stereocenters. The molecule has 0 aliphatic heterocycles. The number of anilines is 1. The molecule has 2 aromatic carbocycles. The van der Waals surface area contributed by atoms with Crippen LogP contribution in [0.5, 0.6) is 5.75 Å². The molecule has 1 amide bonds. The van der Waals surface area contributed by atoms with Crippen LogP contribution in [0.25, 0.3) is 0 Å². The summed E-state index contributed by atoms with van der Waals surface area (Å²) in [4.78, 5) is 12.7. The van der Waals surface area contributed by atoms with E-state index in [1.54, 1.807) is 12.1 Å². The molecule has 2 aromatic rings. The summed E-state index contributed by atoms with van der Waals surface area (Å²) in [6.45, 7) is 3.38. The number of sulfonamides is 1. The van der Waals surface area contributed by atoms with Crippen molar-refractivity contribution in [2.75, 3.05) is 17.7 Å². The van der Waals surface area contributed by atoms with E-state index in [2.05, 4.69) is 5.32 Å². The zero-order valence-corrected chi connectivity index (χ0v) is 17.2. The molecule has 0 radical (unpaired) electrons. The van der Waals surface area contributed by atoms with E-state index in [4.69, 9.17) is 16.3 Å². The molecule has 0 aliphatic carbocycles. The normalized spacial score (nSPS) is 13.5. The van der Waals surface area contributed by atoms with Crippen LogP contribution in [0.4, 0.5) is 5.69 Å². The van der Waals surface area contributed by atoms with E-state index in [0.717, 1.165) is 16.1 Å². The number of hydrogen-bond donors (Lipinski definition) is 1. The number of benzene rings is 2. The lowest BCUT2D eigenvalue weighted by atomic mass is 10.1. The molecule has 0 fully saturated rings. The van der Waals surface area contributed by atoms with Crippen LogP contribution >= 0.6 is 11.6 Å². The second kappa shape index (κ2) is 8.63. The quantitative estimate of drug-likeness (QED) is 0.759. The van der Waals surface area contributed by atoms with Crippen LogP contribution in [-0.2, 0) is 14.8 Å². The zero-order chi connectivity index (χ0) is 20.2. The highest BCUT2D eigenvalue weighted by atomic mass is 35.5. The Kier molecular flexibility index (Phi) is 6.73. The molecule has 0 saturated heterocycles. The number of hydrogen-bond acceptors (Lipinski definition) is 4. The predicted octanol–water partition coefficient (Wildman–Crippen LogP) is 3.38. The monoisotopic (exact) mass is 410 g/mol. The SMILES string of the molecule is COc1ccc(N([C@@H](C)C(=O)N[C@@H](C)c2ccccc2)S(C)(=O)=O)cc1Cl. The molecular weight excluding hydrogens is 388 g/mol. The van der Waals surface area contributed by atoms with Crippen LogP contribution in [0.3, 0.4) is 0 Å². The van der Waals surface area contributed by atoms with Crippen LogP contribution in [0.2, 0.25) is 5.02 Å². The van der Waals surface area contributed by atoms with E-state index in [1.165, 1.54) is 20.1 Å². The first-order chi connectivity index (χ1) is 12.6. The van der Waals surface area contributed by atoms with E-state index >= 15 is 0 Å². The summed E-state index contributed by atoms with van der Waals surface area (Å²) in [6, 6.07) is 12.8. The van der Waals surface area contributed by atoms with Crippen molar-refractivity contribution < 1.29 is 17.9 Å². The van der Waals surface area contributed by atoms with Gasteiger partial charge in [-0.05, 0) is 37.6 Å². The van der Waals surface area contributed by atoms with Gasteiger partial charge in [0.15, 0.2) is 0 Å². The Morgan fingerprint density at radius 2 is 1.78 bits per heavy atom. The molecule has 2 rings (SSSR count). The Morgan fingerprint density at radius 3 is 2.30 bits per heavy atom. The van der Waals surface area contributed by atoms with Gasteiger partial charge in [-0.2, -0.15) is 0 Å². The Hall–Kier alpha value is -2.25. The first-order valence-electron chi connectivity index (χ1n) is 8.33. The minimum atomic E-state index is -3.73. The third-order valence-electron chi connectivity index (χ3n) is 4.14. The van der Waals surface area contributed by atoms with Crippen LogP contribution in [0.1, 0.15) is 25.5 Å². The first-order valence-corrected chi connectivity index (χ1v) is 10.6. The summed E-state index contributed by atoms with van der Waals surface area (Å²) in [6.07, 6.45) is 1.05. The summed E-state index contributed by atoms with van der Waals surface area (Å²) in [7, 11) is -2.26. The number of amides is 1. The number of methoxy groups -OCH3 is 1. The molecule has 0 heterocycles. The van der Waals surface area contributed by atoms with Gasteiger partial charge in [0, 0.05) is 0 Å². The fourth-order valence-corrected chi connectivity index (χ4v) is 4.18. The summed E-state index contributed by atoms with van der Waals surface area (Å²) in [5.74, 6) is 0.00684. The molecule has 0 aromatic heterocycles. The lowest BCUT2D eigenvalue weighted by Crippen LogP contribution is -2.48. The Labute approximate surface area is 165 Å². The Balaban J connectivity index is 2.28. The minimum Gasteiger partial charge on any atom is -0.495 e. The smallest absolute Gasteiger partial charge is 0.244 e. The van der Waals surface area contributed by atoms with Gasteiger partial charge in [-0.1, -0.05) is 41.9 Å². The van der Waals surface area contributed by atoms with Crippen LogP contribution in [0, 0.1) is 0 Å². The number of carbonyl (C=O) groups excluding carboxylic acids is 1. The predicted molar refractivity (Wildman–Crippen MR) is 108 cm³/mol.